The van der Waals surface area contributed by atoms with Gasteiger partial charge in [-0.1, -0.05) is 12.1 Å². The van der Waals surface area contributed by atoms with Crippen LogP contribution in [0.5, 0.6) is 0 Å². The number of carbonyl (C=O) groups is 1. The van der Waals surface area contributed by atoms with Crippen molar-refractivity contribution in [2.24, 2.45) is 0 Å². The summed E-state index contributed by atoms with van der Waals surface area (Å²) in [5.74, 6) is 0.0823. The molecule has 28 heavy (non-hydrogen) atoms. The van der Waals surface area contributed by atoms with Crippen LogP contribution < -0.4 is 5.32 Å². The average Bonchev–Trinajstić information content (AvgIpc) is 3.26. The van der Waals surface area contributed by atoms with Gasteiger partial charge in [-0.2, -0.15) is 5.10 Å². The molecule has 0 aliphatic carbocycles. The van der Waals surface area contributed by atoms with E-state index in [0.29, 0.717) is 19.0 Å². The quantitative estimate of drug-likeness (QED) is 0.713. The fourth-order valence-corrected chi connectivity index (χ4v) is 3.92. The number of nitrogens with zero attached hydrogens (tertiary/aromatic N) is 4. The van der Waals surface area contributed by atoms with Crippen LogP contribution in [-0.4, -0.2) is 45.2 Å². The molecule has 0 bridgehead atoms. The van der Waals surface area contributed by atoms with Crippen LogP contribution in [0.4, 0.5) is 4.39 Å². The Labute approximate surface area is 163 Å². The molecule has 4 rings (SSSR count). The second kappa shape index (κ2) is 8.06. The van der Waals surface area contributed by atoms with E-state index in [9.17, 15) is 9.18 Å². The van der Waals surface area contributed by atoms with Crippen LogP contribution in [0.3, 0.4) is 0 Å². The van der Waals surface area contributed by atoms with E-state index in [2.05, 4.69) is 21.3 Å². The van der Waals surface area contributed by atoms with Gasteiger partial charge in [0, 0.05) is 44.1 Å². The Balaban J connectivity index is 1.50. The van der Waals surface area contributed by atoms with Gasteiger partial charge in [0.15, 0.2) is 5.65 Å². The largest absolute Gasteiger partial charge is 0.354 e. The number of carbonyl (C=O) groups excluding carboxylic acids is 1. The molecular weight excluding hydrogens is 357 g/mol. The van der Waals surface area contributed by atoms with E-state index in [4.69, 9.17) is 5.10 Å². The summed E-state index contributed by atoms with van der Waals surface area (Å²) in [5, 5.41) is 8.72. The normalized spacial score (nSPS) is 17.3. The predicted octanol–water partition coefficient (Wildman–Crippen LogP) is 2.70. The molecule has 1 fully saturated rings. The molecule has 0 spiro atoms. The fourth-order valence-electron chi connectivity index (χ4n) is 3.92. The number of rotatable bonds is 6. The van der Waals surface area contributed by atoms with Crippen LogP contribution in [0.2, 0.25) is 0 Å². The Kier molecular flexibility index (Phi) is 5.34. The minimum absolute atomic E-state index is 0.0478. The Morgan fingerprint density at radius 1 is 1.32 bits per heavy atom. The fraction of sp³-hybridized carbons (Fsp3) is 0.381. The zero-order valence-corrected chi connectivity index (χ0v) is 15.9. The van der Waals surface area contributed by atoms with E-state index < -0.39 is 0 Å². The lowest BCUT2D eigenvalue weighted by molar-refractivity contribution is -0.118. The topological polar surface area (TPSA) is 63.1 Å². The van der Waals surface area contributed by atoms with Gasteiger partial charge in [0.05, 0.1) is 12.2 Å². The van der Waals surface area contributed by atoms with Crippen molar-refractivity contribution in [3.63, 3.8) is 0 Å². The minimum atomic E-state index is -0.191. The summed E-state index contributed by atoms with van der Waals surface area (Å²) in [5.41, 5.74) is 2.91. The number of hydrogen-bond acceptors (Lipinski definition) is 4. The highest BCUT2D eigenvalue weighted by Gasteiger charge is 2.28. The molecule has 1 amide bonds. The Morgan fingerprint density at radius 2 is 2.21 bits per heavy atom. The molecule has 0 saturated carbocycles. The molecule has 146 valence electrons. The standard InChI is InChI=1S/C21H24FN5O/c1-15(28)23-9-11-27-21-19(6-3-8-24-21)20(25-27)17-7-10-26(14-17)13-16-4-2-5-18(22)12-16/h2-6,8,12,17H,7,9-11,13-14H2,1H3,(H,23,28). The summed E-state index contributed by atoms with van der Waals surface area (Å²) >= 11 is 0. The third kappa shape index (κ3) is 4.04. The van der Waals surface area contributed by atoms with Crippen molar-refractivity contribution in [1.82, 2.24) is 25.0 Å². The Bertz CT molecular complexity index is 986. The van der Waals surface area contributed by atoms with E-state index in [1.54, 1.807) is 18.3 Å². The molecule has 7 heteroatoms. The number of pyridine rings is 1. The summed E-state index contributed by atoms with van der Waals surface area (Å²) in [6.07, 6.45) is 2.79. The van der Waals surface area contributed by atoms with E-state index in [0.717, 1.165) is 48.3 Å². The number of amides is 1. The van der Waals surface area contributed by atoms with Crippen molar-refractivity contribution in [2.45, 2.75) is 32.4 Å². The molecule has 1 saturated heterocycles. The number of aromatic nitrogens is 3. The number of halogens is 1. The highest BCUT2D eigenvalue weighted by Crippen LogP contribution is 2.31. The molecule has 1 aromatic carbocycles. The molecule has 1 aliphatic heterocycles. The molecule has 3 aromatic rings. The zero-order chi connectivity index (χ0) is 19.5. The van der Waals surface area contributed by atoms with Crippen LogP contribution in [0, 0.1) is 5.82 Å². The number of hydrogen-bond donors (Lipinski definition) is 1. The molecule has 1 atom stereocenters. The van der Waals surface area contributed by atoms with Crippen LogP contribution in [-0.2, 0) is 17.9 Å². The van der Waals surface area contributed by atoms with Gasteiger partial charge in [0.25, 0.3) is 0 Å². The summed E-state index contributed by atoms with van der Waals surface area (Å²) in [6.45, 7) is 5.22. The van der Waals surface area contributed by atoms with Crippen LogP contribution in [0.25, 0.3) is 11.0 Å². The summed E-state index contributed by atoms with van der Waals surface area (Å²) in [4.78, 5) is 18.0. The maximum atomic E-state index is 13.4. The third-order valence-electron chi connectivity index (χ3n) is 5.19. The second-order valence-electron chi connectivity index (χ2n) is 7.32. The maximum Gasteiger partial charge on any atom is 0.216 e. The first kappa shape index (κ1) is 18.6. The monoisotopic (exact) mass is 381 g/mol. The van der Waals surface area contributed by atoms with E-state index >= 15 is 0 Å². The molecule has 6 nitrogen and oxygen atoms in total. The molecule has 3 heterocycles. The highest BCUT2D eigenvalue weighted by molar-refractivity contribution is 5.79. The first-order valence-electron chi connectivity index (χ1n) is 9.63. The predicted molar refractivity (Wildman–Crippen MR) is 105 cm³/mol. The minimum Gasteiger partial charge on any atom is -0.354 e. The molecule has 1 unspecified atom stereocenters. The molecular formula is C21H24FN5O. The maximum absolute atomic E-state index is 13.4. The van der Waals surface area contributed by atoms with Crippen molar-refractivity contribution < 1.29 is 9.18 Å². The van der Waals surface area contributed by atoms with Gasteiger partial charge in [0.1, 0.15) is 5.82 Å². The number of benzene rings is 1. The van der Waals surface area contributed by atoms with E-state index in [1.807, 2.05) is 16.8 Å². The number of nitrogens with one attached hydrogen (secondary N) is 1. The highest BCUT2D eigenvalue weighted by atomic mass is 19.1. The second-order valence-corrected chi connectivity index (χ2v) is 7.32. The van der Waals surface area contributed by atoms with Crippen molar-refractivity contribution in [3.05, 3.63) is 59.7 Å². The summed E-state index contributed by atoms with van der Waals surface area (Å²) in [6, 6.07) is 10.8. The lowest BCUT2D eigenvalue weighted by Crippen LogP contribution is -2.25. The lowest BCUT2D eigenvalue weighted by Gasteiger charge is -2.15. The SMILES string of the molecule is CC(=O)NCCn1nc(C2CCN(Cc3cccc(F)c3)C2)c2cccnc21. The zero-order valence-electron chi connectivity index (χ0n) is 15.9. The van der Waals surface area contributed by atoms with Crippen molar-refractivity contribution in [2.75, 3.05) is 19.6 Å². The van der Waals surface area contributed by atoms with Gasteiger partial charge >= 0.3 is 0 Å². The summed E-state index contributed by atoms with van der Waals surface area (Å²) in [7, 11) is 0. The molecule has 1 aliphatic rings. The van der Waals surface area contributed by atoms with Gasteiger partial charge in [-0.25, -0.2) is 14.1 Å². The van der Waals surface area contributed by atoms with Crippen LogP contribution in [0.15, 0.2) is 42.6 Å². The van der Waals surface area contributed by atoms with Gasteiger partial charge in [0.2, 0.25) is 5.91 Å². The van der Waals surface area contributed by atoms with Crippen LogP contribution >= 0.6 is 0 Å². The molecule has 0 radical (unpaired) electrons. The van der Waals surface area contributed by atoms with Crippen LogP contribution in [0.1, 0.15) is 30.5 Å². The first-order valence-corrected chi connectivity index (χ1v) is 9.63. The van der Waals surface area contributed by atoms with Gasteiger partial charge in [-0.15, -0.1) is 0 Å². The molecule has 2 aromatic heterocycles. The Hall–Kier alpha value is -2.80. The van der Waals surface area contributed by atoms with E-state index in [-0.39, 0.29) is 11.7 Å². The number of likely N-dealkylation sites (tertiary alicyclic amines) is 1. The number of fused-ring (bicyclic) bond motifs is 1. The van der Waals surface area contributed by atoms with Gasteiger partial charge in [-0.05, 0) is 42.8 Å². The molecule has 1 N–H and O–H groups in total. The van der Waals surface area contributed by atoms with E-state index in [1.165, 1.54) is 13.0 Å². The average molecular weight is 381 g/mol. The van der Waals surface area contributed by atoms with Gasteiger partial charge < -0.3 is 5.32 Å². The van der Waals surface area contributed by atoms with Crippen molar-refractivity contribution >= 4 is 16.9 Å². The lowest BCUT2D eigenvalue weighted by atomic mass is 10.0. The van der Waals surface area contributed by atoms with Crippen molar-refractivity contribution in [1.29, 1.82) is 0 Å². The third-order valence-corrected chi connectivity index (χ3v) is 5.19. The van der Waals surface area contributed by atoms with Crippen molar-refractivity contribution in [3.8, 4) is 0 Å². The van der Waals surface area contributed by atoms with Gasteiger partial charge in [-0.3, -0.25) is 9.69 Å². The summed E-state index contributed by atoms with van der Waals surface area (Å²) < 4.78 is 15.3. The first-order chi connectivity index (χ1) is 13.6. The smallest absolute Gasteiger partial charge is 0.216 e. The Morgan fingerprint density at radius 3 is 3.04 bits per heavy atom.